The number of fused-ring (bicyclic) bond motifs is 1. The molecule has 2 fully saturated rings. The molecule has 236 valence electrons. The first-order valence-corrected chi connectivity index (χ1v) is 17.6. The summed E-state index contributed by atoms with van der Waals surface area (Å²) < 4.78 is 40.4. The van der Waals surface area contributed by atoms with Crippen molar-refractivity contribution in [2.45, 2.75) is 77.4 Å². The molecule has 0 bridgehead atoms. The first kappa shape index (κ1) is 31.6. The number of carbonyl (C=O) groups excluding carboxylic acids is 1. The third-order valence-corrected chi connectivity index (χ3v) is 10.0. The van der Waals surface area contributed by atoms with Gasteiger partial charge in [0.05, 0.1) is 23.7 Å². The molecule has 2 aromatic rings. The highest BCUT2D eigenvalue weighted by atomic mass is 32.2. The zero-order chi connectivity index (χ0) is 30.7. The molecule has 1 aromatic heterocycles. The second-order valence-electron chi connectivity index (χ2n) is 12.6. The fourth-order valence-corrected chi connectivity index (χ4v) is 7.97. The zero-order valence-electron chi connectivity index (χ0n) is 25.9. The lowest BCUT2D eigenvalue weighted by Crippen LogP contribution is -2.51. The lowest BCUT2D eigenvalue weighted by molar-refractivity contribution is 0.0717. The lowest BCUT2D eigenvalue weighted by atomic mass is 9.85. The van der Waals surface area contributed by atoms with Crippen molar-refractivity contribution >= 4 is 33.1 Å². The highest BCUT2D eigenvalue weighted by molar-refractivity contribution is 7.88. The Morgan fingerprint density at radius 2 is 1.79 bits per heavy atom. The number of hydrogen-bond acceptors (Lipinski definition) is 8. The maximum atomic E-state index is 14.4. The third-order valence-electron chi connectivity index (χ3n) is 9.25. The summed E-state index contributed by atoms with van der Waals surface area (Å²) in [6, 6.07) is 4.89. The molecule has 10 nitrogen and oxygen atoms in total. The van der Waals surface area contributed by atoms with Gasteiger partial charge in [-0.15, -0.1) is 0 Å². The van der Waals surface area contributed by atoms with Crippen LogP contribution in [0, 0.1) is 11.7 Å². The Morgan fingerprint density at radius 3 is 2.44 bits per heavy atom. The predicted molar refractivity (Wildman–Crippen MR) is 168 cm³/mol. The van der Waals surface area contributed by atoms with E-state index in [-0.39, 0.29) is 18.0 Å². The Kier molecular flexibility index (Phi) is 9.87. The average molecular weight is 616 g/mol. The van der Waals surface area contributed by atoms with Gasteiger partial charge in [-0.2, -0.15) is 0 Å². The summed E-state index contributed by atoms with van der Waals surface area (Å²) in [5, 5.41) is 0. The number of likely N-dealkylation sites (tertiary alicyclic amines) is 1. The van der Waals surface area contributed by atoms with E-state index in [1.807, 2.05) is 20.8 Å². The van der Waals surface area contributed by atoms with Crippen molar-refractivity contribution in [1.82, 2.24) is 24.5 Å². The number of hydrogen-bond donors (Lipinski definition) is 1. The van der Waals surface area contributed by atoms with Crippen LogP contribution in [-0.4, -0.2) is 97.7 Å². The van der Waals surface area contributed by atoms with E-state index >= 15 is 0 Å². The van der Waals surface area contributed by atoms with E-state index in [9.17, 15) is 17.6 Å². The van der Waals surface area contributed by atoms with Gasteiger partial charge < -0.3 is 19.6 Å². The first-order valence-electron chi connectivity index (χ1n) is 15.7. The molecule has 1 amide bonds. The number of anilines is 3. The van der Waals surface area contributed by atoms with Gasteiger partial charge in [0.25, 0.3) is 5.91 Å². The number of halogens is 1. The summed E-state index contributed by atoms with van der Waals surface area (Å²) in [5.74, 6) is 0.856. The second-order valence-corrected chi connectivity index (χ2v) is 14.3. The van der Waals surface area contributed by atoms with E-state index in [4.69, 9.17) is 4.98 Å². The number of rotatable bonds is 9. The van der Waals surface area contributed by atoms with Gasteiger partial charge in [-0.1, -0.05) is 0 Å². The zero-order valence-corrected chi connectivity index (χ0v) is 26.7. The van der Waals surface area contributed by atoms with Gasteiger partial charge in [0.15, 0.2) is 5.82 Å². The molecule has 0 radical (unpaired) electrons. The van der Waals surface area contributed by atoms with Crippen LogP contribution in [0.25, 0.3) is 0 Å². The Balaban J connectivity index is 1.25. The van der Waals surface area contributed by atoms with Crippen molar-refractivity contribution in [2.75, 3.05) is 55.3 Å². The molecule has 1 saturated heterocycles. The standard InChI is InChI=1S/C31H46FN7O3S/c1-5-37(22(2)3)31(40)27-18-24(32)8-11-28(27)39-17-16-38(30-29(39)19-33-21-34-30)26-12-14-36(15-13-26)20-23-6-9-25(10-7-23)35-43(4,41)42/h8,11,18-19,21-23,25-26,35H,5-7,9-10,12-17,20H2,1-4H3. The summed E-state index contributed by atoms with van der Waals surface area (Å²) in [6.07, 6.45) is 10.6. The van der Waals surface area contributed by atoms with Crippen molar-refractivity contribution in [3.05, 3.63) is 42.1 Å². The highest BCUT2D eigenvalue weighted by Gasteiger charge is 2.35. The Bertz CT molecular complexity index is 1380. The summed E-state index contributed by atoms with van der Waals surface area (Å²) >= 11 is 0. The number of sulfonamides is 1. The Labute approximate surface area is 255 Å². The molecular formula is C31H46FN7O3S. The number of carbonyl (C=O) groups is 1. The Hall–Kier alpha value is -2.83. The van der Waals surface area contributed by atoms with Crippen molar-refractivity contribution in [1.29, 1.82) is 0 Å². The number of nitrogens with one attached hydrogen (secondary N) is 1. The quantitative estimate of drug-likeness (QED) is 0.452. The average Bonchev–Trinajstić information content (AvgIpc) is 2.97. The molecule has 0 unspecified atom stereocenters. The summed E-state index contributed by atoms with van der Waals surface area (Å²) in [6.45, 7) is 10.9. The molecule has 0 spiro atoms. The van der Waals surface area contributed by atoms with Gasteiger partial charge in [-0.05, 0) is 83.4 Å². The van der Waals surface area contributed by atoms with Crippen LogP contribution in [0.15, 0.2) is 30.7 Å². The van der Waals surface area contributed by atoms with Gasteiger partial charge in [-0.3, -0.25) is 4.79 Å². The molecule has 3 aliphatic rings. The van der Waals surface area contributed by atoms with Crippen molar-refractivity contribution in [2.24, 2.45) is 5.92 Å². The molecule has 1 aromatic carbocycles. The van der Waals surface area contributed by atoms with Crippen LogP contribution in [-0.2, 0) is 10.0 Å². The highest BCUT2D eigenvalue weighted by Crippen LogP contribution is 2.40. The van der Waals surface area contributed by atoms with E-state index in [2.05, 4.69) is 24.4 Å². The molecule has 1 aliphatic carbocycles. The smallest absolute Gasteiger partial charge is 0.256 e. The van der Waals surface area contributed by atoms with Gasteiger partial charge in [0.2, 0.25) is 10.0 Å². The minimum absolute atomic E-state index is 0.00105. The minimum atomic E-state index is -3.15. The van der Waals surface area contributed by atoms with Crippen molar-refractivity contribution in [3.63, 3.8) is 0 Å². The van der Waals surface area contributed by atoms with Crippen LogP contribution in [0.4, 0.5) is 21.6 Å². The minimum Gasteiger partial charge on any atom is -0.350 e. The summed E-state index contributed by atoms with van der Waals surface area (Å²) in [5.41, 5.74) is 1.87. The SMILES string of the molecule is CCN(C(=O)c1cc(F)ccc1N1CCN(C2CCN(CC3CCC(NS(C)(=O)=O)CC3)CC2)c2ncncc21)C(C)C. The van der Waals surface area contributed by atoms with E-state index < -0.39 is 15.8 Å². The van der Waals surface area contributed by atoms with Crippen LogP contribution < -0.4 is 14.5 Å². The molecule has 5 rings (SSSR count). The Morgan fingerprint density at radius 1 is 1.07 bits per heavy atom. The maximum absolute atomic E-state index is 14.4. The maximum Gasteiger partial charge on any atom is 0.256 e. The van der Waals surface area contributed by atoms with E-state index in [1.54, 1.807) is 23.5 Å². The predicted octanol–water partition coefficient (Wildman–Crippen LogP) is 4.02. The van der Waals surface area contributed by atoms with Crippen LogP contribution in [0.1, 0.15) is 69.7 Å². The number of amides is 1. The first-order chi connectivity index (χ1) is 20.5. The fraction of sp³-hybridized carbons (Fsp3) is 0.645. The lowest BCUT2D eigenvalue weighted by Gasteiger charge is -2.45. The van der Waals surface area contributed by atoms with Crippen molar-refractivity contribution < 1.29 is 17.6 Å². The van der Waals surface area contributed by atoms with E-state index in [0.29, 0.717) is 36.3 Å². The van der Waals surface area contributed by atoms with Gasteiger partial charge >= 0.3 is 0 Å². The normalized spacial score (nSPS) is 22.1. The van der Waals surface area contributed by atoms with Gasteiger partial charge in [0, 0.05) is 57.4 Å². The number of aromatic nitrogens is 2. The van der Waals surface area contributed by atoms with Gasteiger partial charge in [-0.25, -0.2) is 27.5 Å². The molecule has 43 heavy (non-hydrogen) atoms. The summed E-state index contributed by atoms with van der Waals surface area (Å²) in [7, 11) is -3.15. The molecule has 1 N–H and O–H groups in total. The summed E-state index contributed by atoms with van der Waals surface area (Å²) in [4.78, 5) is 31.4. The van der Waals surface area contributed by atoms with E-state index in [0.717, 1.165) is 76.2 Å². The molecule has 1 saturated carbocycles. The fourth-order valence-electron chi connectivity index (χ4n) is 7.12. The van der Waals surface area contributed by atoms with Crippen LogP contribution in [0.2, 0.25) is 0 Å². The number of nitrogens with zero attached hydrogens (tertiary/aromatic N) is 6. The monoisotopic (exact) mass is 615 g/mol. The molecule has 2 aliphatic heterocycles. The molecule has 0 atom stereocenters. The molecular weight excluding hydrogens is 569 g/mol. The molecule has 12 heteroatoms. The van der Waals surface area contributed by atoms with Crippen LogP contribution >= 0.6 is 0 Å². The number of benzene rings is 1. The van der Waals surface area contributed by atoms with E-state index in [1.165, 1.54) is 18.4 Å². The van der Waals surface area contributed by atoms with Gasteiger partial charge in [0.1, 0.15) is 17.8 Å². The largest absolute Gasteiger partial charge is 0.350 e. The topological polar surface area (TPSA) is 102 Å². The molecule has 3 heterocycles. The van der Waals surface area contributed by atoms with Crippen LogP contribution in [0.3, 0.4) is 0 Å². The van der Waals surface area contributed by atoms with Crippen molar-refractivity contribution in [3.8, 4) is 0 Å². The number of piperidine rings is 1. The third kappa shape index (κ3) is 7.46. The van der Waals surface area contributed by atoms with Crippen LogP contribution in [0.5, 0.6) is 0 Å². The second kappa shape index (κ2) is 13.4.